The van der Waals surface area contributed by atoms with Crippen LogP contribution in [-0.2, 0) is 0 Å². The first-order chi connectivity index (χ1) is 11.9. The van der Waals surface area contributed by atoms with Gasteiger partial charge in [0.05, 0.1) is 22.9 Å². The number of hydrogen-bond donors (Lipinski definition) is 4. The van der Waals surface area contributed by atoms with Crippen molar-refractivity contribution in [3.8, 4) is 11.1 Å². The number of anilines is 1. The van der Waals surface area contributed by atoms with Gasteiger partial charge in [-0.2, -0.15) is 0 Å². The Balaban J connectivity index is 2.27. The molecule has 0 aliphatic carbocycles. The summed E-state index contributed by atoms with van der Waals surface area (Å²) in [4.78, 5) is 12.5. The van der Waals surface area contributed by atoms with Crippen LogP contribution in [0.25, 0.3) is 11.1 Å². The van der Waals surface area contributed by atoms with Crippen LogP contribution in [0.3, 0.4) is 0 Å². The lowest BCUT2D eigenvalue weighted by atomic mass is 10.00. The monoisotopic (exact) mass is 386 g/mol. The molecule has 0 radical (unpaired) electrons. The Morgan fingerprint density at radius 3 is 2.64 bits per heavy atom. The molecule has 1 amide bonds. The van der Waals surface area contributed by atoms with Gasteiger partial charge in [-0.15, -0.1) is 11.8 Å². The van der Waals surface area contributed by atoms with Gasteiger partial charge >= 0.3 is 0 Å². The van der Waals surface area contributed by atoms with E-state index in [2.05, 4.69) is 10.6 Å². The van der Waals surface area contributed by atoms with Gasteiger partial charge in [-0.1, -0.05) is 11.6 Å². The van der Waals surface area contributed by atoms with Crippen LogP contribution in [0.15, 0.2) is 29.2 Å². The lowest BCUT2D eigenvalue weighted by Crippen LogP contribution is -2.45. The second-order valence-electron chi connectivity index (χ2n) is 5.20. The van der Waals surface area contributed by atoms with E-state index in [1.165, 1.54) is 12.1 Å². The van der Waals surface area contributed by atoms with Gasteiger partial charge in [0.1, 0.15) is 11.6 Å². The molecule has 3 rings (SSSR count). The summed E-state index contributed by atoms with van der Waals surface area (Å²) in [6.45, 7) is -0.161. The van der Waals surface area contributed by atoms with Gasteiger partial charge in [0.2, 0.25) is 6.35 Å². The van der Waals surface area contributed by atoms with E-state index in [4.69, 9.17) is 16.7 Å². The molecule has 0 saturated carbocycles. The Morgan fingerprint density at radius 1 is 1.20 bits per heavy atom. The quantitative estimate of drug-likeness (QED) is 0.607. The first-order valence-electron chi connectivity index (χ1n) is 7.23. The molecule has 1 aliphatic rings. The van der Waals surface area contributed by atoms with E-state index in [-0.39, 0.29) is 39.8 Å². The predicted molar refractivity (Wildman–Crippen MR) is 91.7 cm³/mol. The lowest BCUT2D eigenvalue weighted by molar-refractivity contribution is 0.0812. The molecule has 0 aromatic heterocycles. The lowest BCUT2D eigenvalue weighted by Gasteiger charge is -2.28. The van der Waals surface area contributed by atoms with Crippen LogP contribution < -0.4 is 10.6 Å². The molecule has 0 spiro atoms. The molecule has 1 atom stereocenters. The fourth-order valence-corrected chi connectivity index (χ4v) is 3.89. The molecule has 132 valence electrons. The maximum absolute atomic E-state index is 14.3. The smallest absolute Gasteiger partial charge is 0.256 e. The second-order valence-corrected chi connectivity index (χ2v) is 6.71. The van der Waals surface area contributed by atoms with E-state index in [9.17, 15) is 18.7 Å². The van der Waals surface area contributed by atoms with Gasteiger partial charge in [-0.25, -0.2) is 8.78 Å². The van der Waals surface area contributed by atoms with Crippen molar-refractivity contribution in [2.75, 3.05) is 17.7 Å². The van der Waals surface area contributed by atoms with Crippen molar-refractivity contribution < 1.29 is 23.8 Å². The molecule has 25 heavy (non-hydrogen) atoms. The van der Waals surface area contributed by atoms with Crippen molar-refractivity contribution in [2.24, 2.45) is 0 Å². The summed E-state index contributed by atoms with van der Waals surface area (Å²) in [7, 11) is 0. The van der Waals surface area contributed by atoms with Crippen LogP contribution in [0, 0.1) is 11.6 Å². The summed E-state index contributed by atoms with van der Waals surface area (Å²) in [6.07, 6.45) is -1.32. The third kappa shape index (κ3) is 3.43. The van der Waals surface area contributed by atoms with Crippen LogP contribution in [0.2, 0.25) is 5.02 Å². The number of fused-ring (bicyclic) bond motifs is 1. The van der Waals surface area contributed by atoms with Gasteiger partial charge in [-0.3, -0.25) is 4.79 Å². The molecule has 1 aliphatic heterocycles. The van der Waals surface area contributed by atoms with E-state index >= 15 is 0 Å². The second kappa shape index (κ2) is 7.17. The Hall–Kier alpha value is -1.87. The number of aliphatic hydroxyl groups excluding tert-OH is 2. The molecule has 9 heteroatoms. The molecular weight excluding hydrogens is 374 g/mol. The highest BCUT2D eigenvalue weighted by atomic mass is 35.5. The summed E-state index contributed by atoms with van der Waals surface area (Å²) < 4.78 is 27.5. The largest absolute Gasteiger partial charge is 0.396 e. The highest BCUT2D eigenvalue weighted by molar-refractivity contribution is 7.99. The van der Waals surface area contributed by atoms with Crippen LogP contribution in [0.5, 0.6) is 0 Å². The minimum atomic E-state index is -1.32. The fraction of sp³-hybridized carbons (Fsp3) is 0.188. The zero-order valence-electron chi connectivity index (χ0n) is 12.6. The zero-order chi connectivity index (χ0) is 18.1. The molecule has 1 heterocycles. The fourth-order valence-electron chi connectivity index (χ4n) is 2.56. The summed E-state index contributed by atoms with van der Waals surface area (Å²) in [6, 6.07) is 4.44. The number of carbonyl (C=O) groups is 1. The number of amides is 1. The normalized spacial score (nSPS) is 16.2. The third-order valence-corrected chi connectivity index (χ3v) is 4.95. The molecular formula is C16H13ClF2N2O3S. The maximum Gasteiger partial charge on any atom is 0.256 e. The van der Waals surface area contributed by atoms with Gasteiger partial charge in [-0.05, 0) is 18.2 Å². The molecule has 0 saturated heterocycles. The molecule has 0 fully saturated rings. The highest BCUT2D eigenvalue weighted by Gasteiger charge is 2.29. The highest BCUT2D eigenvalue weighted by Crippen LogP contribution is 2.45. The van der Waals surface area contributed by atoms with Gasteiger partial charge in [0, 0.05) is 27.8 Å². The van der Waals surface area contributed by atoms with E-state index in [1.807, 2.05) is 0 Å². The van der Waals surface area contributed by atoms with Crippen LogP contribution in [-0.4, -0.2) is 34.8 Å². The molecule has 0 bridgehead atoms. The number of aliphatic hydroxyl groups is 2. The molecule has 5 nitrogen and oxygen atoms in total. The van der Waals surface area contributed by atoms with Crippen molar-refractivity contribution in [2.45, 2.75) is 11.2 Å². The Kier molecular flexibility index (Phi) is 5.14. The van der Waals surface area contributed by atoms with E-state index in [0.717, 1.165) is 23.9 Å². The molecule has 2 aromatic carbocycles. The third-order valence-electron chi connectivity index (χ3n) is 3.57. The number of thioether (sulfide) groups is 1. The molecule has 1 unspecified atom stereocenters. The van der Waals surface area contributed by atoms with Crippen LogP contribution >= 0.6 is 23.4 Å². The predicted octanol–water partition coefficient (Wildman–Crippen LogP) is 2.80. The summed E-state index contributed by atoms with van der Waals surface area (Å²) in [5, 5.41) is 24.0. The first-order valence-corrected chi connectivity index (χ1v) is 8.59. The first kappa shape index (κ1) is 17.9. The summed E-state index contributed by atoms with van der Waals surface area (Å²) in [5.74, 6) is -1.83. The summed E-state index contributed by atoms with van der Waals surface area (Å²) in [5.41, 5.74) is 0.766. The Bertz CT molecular complexity index is 851. The summed E-state index contributed by atoms with van der Waals surface area (Å²) >= 11 is 7.43. The minimum absolute atomic E-state index is 0.0527. The SMILES string of the molecule is O=C1NC(O)Nc2c1cc(Cl)c(-c1ccc(F)cc1F)c2SCCO. The van der Waals surface area contributed by atoms with Gasteiger partial charge in [0.25, 0.3) is 5.91 Å². The van der Waals surface area contributed by atoms with Crippen LogP contribution in [0.4, 0.5) is 14.5 Å². The van der Waals surface area contributed by atoms with Crippen molar-refractivity contribution in [1.29, 1.82) is 0 Å². The van der Waals surface area contributed by atoms with Gasteiger partial charge < -0.3 is 20.8 Å². The molecule has 4 N–H and O–H groups in total. The van der Waals surface area contributed by atoms with Crippen molar-refractivity contribution in [3.05, 3.63) is 46.5 Å². The minimum Gasteiger partial charge on any atom is -0.396 e. The van der Waals surface area contributed by atoms with Crippen LogP contribution in [0.1, 0.15) is 10.4 Å². The average molecular weight is 387 g/mol. The van der Waals surface area contributed by atoms with Crippen molar-refractivity contribution in [3.63, 3.8) is 0 Å². The van der Waals surface area contributed by atoms with Gasteiger partial charge in [0.15, 0.2) is 0 Å². The standard InChI is InChI=1S/C16H13ClF2N2O3S/c17-10-6-9-13(20-16(24)21-15(9)23)14(25-4-3-22)12(10)8-2-1-7(18)5-11(8)19/h1-2,5-6,16,20,22,24H,3-4H2,(H,21,23). The van der Waals surface area contributed by atoms with Crippen molar-refractivity contribution in [1.82, 2.24) is 5.32 Å². The molecule has 2 aromatic rings. The number of hydrogen-bond acceptors (Lipinski definition) is 5. The van der Waals surface area contributed by atoms with Crippen molar-refractivity contribution >= 4 is 35.0 Å². The Labute approximate surface area is 151 Å². The number of benzene rings is 2. The van der Waals surface area contributed by atoms with E-state index in [0.29, 0.717) is 4.90 Å². The number of nitrogens with one attached hydrogen (secondary N) is 2. The number of carbonyl (C=O) groups excluding carboxylic acids is 1. The number of rotatable bonds is 4. The van der Waals surface area contributed by atoms with E-state index < -0.39 is 23.9 Å². The Morgan fingerprint density at radius 2 is 1.96 bits per heavy atom. The zero-order valence-corrected chi connectivity index (χ0v) is 14.2. The maximum atomic E-state index is 14.3. The topological polar surface area (TPSA) is 81.6 Å². The van der Waals surface area contributed by atoms with E-state index in [1.54, 1.807) is 0 Å². The average Bonchev–Trinajstić information content (AvgIpc) is 2.54. The number of halogens is 3.